The first kappa shape index (κ1) is 17.6. The summed E-state index contributed by atoms with van der Waals surface area (Å²) in [4.78, 5) is 0.870. The quantitative estimate of drug-likeness (QED) is 0.835. The Labute approximate surface area is 147 Å². The molecule has 0 saturated heterocycles. The van der Waals surface area contributed by atoms with Crippen LogP contribution in [0.1, 0.15) is 24.1 Å². The van der Waals surface area contributed by atoms with Gasteiger partial charge in [0.15, 0.2) is 0 Å². The molecular formula is C18H14F3N5. The van der Waals surface area contributed by atoms with Crippen LogP contribution in [0.3, 0.4) is 0 Å². The maximum absolute atomic E-state index is 13.6. The summed E-state index contributed by atoms with van der Waals surface area (Å²) in [6.07, 6.45) is -4.71. The first-order valence-corrected chi connectivity index (χ1v) is 7.71. The number of halogens is 3. The molecule has 3 rings (SSSR count). The van der Waals surface area contributed by atoms with Crippen LogP contribution in [0, 0.1) is 29.6 Å². The zero-order valence-electron chi connectivity index (χ0n) is 14.2. The van der Waals surface area contributed by atoms with Gasteiger partial charge in [0.25, 0.3) is 0 Å². The van der Waals surface area contributed by atoms with E-state index >= 15 is 0 Å². The summed E-state index contributed by atoms with van der Waals surface area (Å²) in [6.45, 7) is 3.22. The first-order chi connectivity index (χ1) is 12.2. The zero-order chi connectivity index (χ0) is 19.2. The molecule has 2 aromatic rings. The number of allylic oxidation sites excluding steroid dienone is 4. The normalized spacial score (nSPS) is 18.3. The highest BCUT2D eigenvalue weighted by Crippen LogP contribution is 2.45. The van der Waals surface area contributed by atoms with Crippen LogP contribution in [-0.2, 0) is 0 Å². The lowest BCUT2D eigenvalue weighted by molar-refractivity contribution is -0.108. The number of hydrogen-bond acceptors (Lipinski definition) is 4. The fraction of sp³-hybridized carbons (Fsp3) is 0.278. The summed E-state index contributed by atoms with van der Waals surface area (Å²) in [5, 5.41) is 26.7. The van der Waals surface area contributed by atoms with Crippen molar-refractivity contribution in [1.29, 1.82) is 10.5 Å². The van der Waals surface area contributed by atoms with Crippen molar-refractivity contribution in [1.82, 2.24) is 15.1 Å². The molecule has 2 heterocycles. The number of hydrogen-bond donors (Lipinski definition) is 1. The molecule has 0 radical (unpaired) electrons. The highest BCUT2D eigenvalue weighted by Gasteiger charge is 2.46. The van der Waals surface area contributed by atoms with Gasteiger partial charge in [-0.2, -0.15) is 28.8 Å². The van der Waals surface area contributed by atoms with E-state index in [-0.39, 0.29) is 11.3 Å². The third-order valence-corrected chi connectivity index (χ3v) is 4.68. The average Bonchev–Trinajstić information content (AvgIpc) is 2.96. The van der Waals surface area contributed by atoms with Crippen molar-refractivity contribution in [3.8, 4) is 12.1 Å². The zero-order valence-corrected chi connectivity index (χ0v) is 14.2. The largest absolute Gasteiger partial charge is 0.432 e. The van der Waals surface area contributed by atoms with Crippen LogP contribution in [0.25, 0.3) is 10.9 Å². The minimum Gasteiger partial charge on any atom is -0.343 e. The number of alkyl halides is 3. The van der Waals surface area contributed by atoms with Gasteiger partial charge in [0, 0.05) is 18.1 Å². The highest BCUT2D eigenvalue weighted by molar-refractivity contribution is 5.82. The van der Waals surface area contributed by atoms with E-state index < -0.39 is 23.4 Å². The Kier molecular flexibility index (Phi) is 4.00. The van der Waals surface area contributed by atoms with Crippen molar-refractivity contribution < 1.29 is 13.2 Å². The summed E-state index contributed by atoms with van der Waals surface area (Å²) in [5.41, 5.74) is 0.646. The van der Waals surface area contributed by atoms with E-state index in [1.54, 1.807) is 31.2 Å². The Hall–Kier alpha value is -3.26. The standard InChI is InChI=1S/C18H14F3N5/c1-9-12-6-11(4-5-15(12)25-24-9)16-13(7-22)10(2)26(3)17(14(16)8-23)18(19,20)21/h4-6,16H,1-3H3,(H,24,25). The number of aryl methyl sites for hydroxylation is 1. The second kappa shape index (κ2) is 5.92. The minimum absolute atomic E-state index is 0.123. The number of aromatic nitrogens is 2. The molecule has 1 aromatic carbocycles. The van der Waals surface area contributed by atoms with Gasteiger partial charge in [-0.25, -0.2) is 0 Å². The predicted octanol–water partition coefficient (Wildman–Crippen LogP) is 4.04. The number of nitriles is 2. The molecule has 1 aliphatic rings. The average molecular weight is 357 g/mol. The lowest BCUT2D eigenvalue weighted by Crippen LogP contribution is -2.34. The van der Waals surface area contributed by atoms with Crippen molar-refractivity contribution in [2.24, 2.45) is 0 Å². The Morgan fingerprint density at radius 2 is 1.81 bits per heavy atom. The molecule has 26 heavy (non-hydrogen) atoms. The Bertz CT molecular complexity index is 1040. The number of nitrogens with one attached hydrogen (secondary N) is 1. The fourth-order valence-corrected chi connectivity index (χ4v) is 3.30. The molecule has 0 amide bonds. The molecule has 1 atom stereocenters. The molecule has 5 nitrogen and oxygen atoms in total. The molecule has 1 aliphatic heterocycles. The Morgan fingerprint density at radius 3 is 2.38 bits per heavy atom. The van der Waals surface area contributed by atoms with Crippen molar-refractivity contribution >= 4 is 10.9 Å². The van der Waals surface area contributed by atoms with Crippen LogP contribution < -0.4 is 0 Å². The molecule has 0 fully saturated rings. The molecule has 0 saturated carbocycles. The van der Waals surface area contributed by atoms with Gasteiger partial charge in [-0.05, 0) is 31.5 Å². The molecule has 0 spiro atoms. The summed E-state index contributed by atoms with van der Waals surface area (Å²) in [7, 11) is 1.21. The van der Waals surface area contributed by atoms with Crippen LogP contribution >= 0.6 is 0 Å². The van der Waals surface area contributed by atoms with Crippen molar-refractivity contribution in [2.45, 2.75) is 25.9 Å². The monoisotopic (exact) mass is 357 g/mol. The smallest absolute Gasteiger partial charge is 0.343 e. The third-order valence-electron chi connectivity index (χ3n) is 4.68. The van der Waals surface area contributed by atoms with E-state index in [1.165, 1.54) is 14.0 Å². The maximum atomic E-state index is 13.6. The van der Waals surface area contributed by atoms with Crippen LogP contribution in [-0.4, -0.2) is 28.3 Å². The maximum Gasteiger partial charge on any atom is 0.432 e. The number of fused-ring (bicyclic) bond motifs is 1. The molecular weight excluding hydrogens is 343 g/mol. The van der Waals surface area contributed by atoms with Gasteiger partial charge in [0.05, 0.1) is 40.4 Å². The minimum atomic E-state index is -4.71. The molecule has 132 valence electrons. The summed E-state index contributed by atoms with van der Waals surface area (Å²) in [5.74, 6) is -1.07. The van der Waals surface area contributed by atoms with Crippen LogP contribution in [0.15, 0.2) is 40.7 Å². The first-order valence-electron chi connectivity index (χ1n) is 7.71. The van der Waals surface area contributed by atoms with Gasteiger partial charge in [-0.3, -0.25) is 5.10 Å². The molecule has 0 aliphatic carbocycles. The van der Waals surface area contributed by atoms with E-state index in [9.17, 15) is 23.7 Å². The molecule has 0 bridgehead atoms. The SMILES string of the molecule is CC1=C(C#N)C(c2ccc3[nH]nc(C)c3c2)C(C#N)=C(C(F)(F)F)N1C. The van der Waals surface area contributed by atoms with Crippen LogP contribution in [0.5, 0.6) is 0 Å². The summed E-state index contributed by atoms with van der Waals surface area (Å²) >= 11 is 0. The molecule has 8 heteroatoms. The van der Waals surface area contributed by atoms with Gasteiger partial charge in [0.2, 0.25) is 0 Å². The lowest BCUT2D eigenvalue weighted by atomic mass is 9.80. The van der Waals surface area contributed by atoms with E-state index in [0.717, 1.165) is 15.8 Å². The van der Waals surface area contributed by atoms with Crippen molar-refractivity contribution in [3.05, 3.63) is 52.0 Å². The number of rotatable bonds is 1. The number of H-pyrrole nitrogens is 1. The second-order valence-corrected chi connectivity index (χ2v) is 6.09. The number of aromatic amines is 1. The van der Waals surface area contributed by atoms with E-state index in [1.807, 2.05) is 6.07 Å². The molecule has 1 N–H and O–H groups in total. The fourth-order valence-electron chi connectivity index (χ4n) is 3.30. The van der Waals surface area contributed by atoms with E-state index in [2.05, 4.69) is 10.2 Å². The van der Waals surface area contributed by atoms with E-state index in [0.29, 0.717) is 11.3 Å². The number of benzene rings is 1. The van der Waals surface area contributed by atoms with Crippen molar-refractivity contribution in [2.75, 3.05) is 7.05 Å². The summed E-state index contributed by atoms with van der Waals surface area (Å²) < 4.78 is 40.9. The van der Waals surface area contributed by atoms with Gasteiger partial charge < -0.3 is 4.90 Å². The van der Waals surface area contributed by atoms with Gasteiger partial charge in [0.1, 0.15) is 5.70 Å². The Balaban J connectivity index is 2.33. The lowest BCUT2D eigenvalue weighted by Gasteiger charge is -2.34. The van der Waals surface area contributed by atoms with Gasteiger partial charge in [-0.15, -0.1) is 0 Å². The van der Waals surface area contributed by atoms with Crippen LogP contribution in [0.2, 0.25) is 0 Å². The summed E-state index contributed by atoms with van der Waals surface area (Å²) in [6, 6.07) is 8.67. The number of nitrogens with zero attached hydrogens (tertiary/aromatic N) is 4. The van der Waals surface area contributed by atoms with Gasteiger partial charge >= 0.3 is 6.18 Å². The molecule has 1 unspecified atom stereocenters. The van der Waals surface area contributed by atoms with E-state index in [4.69, 9.17) is 0 Å². The predicted molar refractivity (Wildman–Crippen MR) is 88.3 cm³/mol. The topological polar surface area (TPSA) is 79.5 Å². The molecule has 1 aromatic heterocycles. The highest BCUT2D eigenvalue weighted by atomic mass is 19.4. The Morgan fingerprint density at radius 1 is 1.15 bits per heavy atom. The third kappa shape index (κ3) is 2.51. The van der Waals surface area contributed by atoms with Crippen LogP contribution in [0.4, 0.5) is 13.2 Å². The second-order valence-electron chi connectivity index (χ2n) is 6.09. The van der Waals surface area contributed by atoms with Crippen molar-refractivity contribution in [3.63, 3.8) is 0 Å². The van der Waals surface area contributed by atoms with Gasteiger partial charge in [-0.1, -0.05) is 6.07 Å².